The van der Waals surface area contributed by atoms with E-state index in [2.05, 4.69) is 10.1 Å². The summed E-state index contributed by atoms with van der Waals surface area (Å²) >= 11 is 1.37. The summed E-state index contributed by atoms with van der Waals surface area (Å²) in [5.41, 5.74) is 1.30. The van der Waals surface area contributed by atoms with Gasteiger partial charge in [-0.25, -0.2) is 9.50 Å². The van der Waals surface area contributed by atoms with Crippen LogP contribution in [0.1, 0.15) is 11.4 Å². The zero-order valence-corrected chi connectivity index (χ0v) is 10.3. The summed E-state index contributed by atoms with van der Waals surface area (Å²) in [6, 6.07) is 3.59. The zero-order valence-electron chi connectivity index (χ0n) is 9.45. The molecule has 3 rings (SSSR count). The van der Waals surface area contributed by atoms with Crippen LogP contribution in [-0.2, 0) is 11.2 Å². The third-order valence-electron chi connectivity index (χ3n) is 2.55. The summed E-state index contributed by atoms with van der Waals surface area (Å²) in [5, 5.41) is 13.9. The Bertz CT molecular complexity index is 711. The molecule has 3 aromatic rings. The number of hydrogen-bond acceptors (Lipinski definition) is 5. The van der Waals surface area contributed by atoms with Crippen LogP contribution < -0.4 is 0 Å². The highest BCUT2D eigenvalue weighted by atomic mass is 32.1. The minimum atomic E-state index is -0.896. The molecule has 6 nitrogen and oxygen atoms in total. The van der Waals surface area contributed by atoms with Gasteiger partial charge in [-0.05, 0) is 19.1 Å². The molecule has 0 aliphatic rings. The van der Waals surface area contributed by atoms with Crippen LogP contribution in [0.25, 0.3) is 15.7 Å². The van der Waals surface area contributed by atoms with Gasteiger partial charge in [-0.15, -0.1) is 0 Å². The SMILES string of the molecule is Cc1nc2sc(-c3ccco3)nn2c1CC(=O)O. The normalized spacial score (nSPS) is 11.2. The van der Waals surface area contributed by atoms with Crippen molar-refractivity contribution >= 4 is 22.3 Å². The number of carbonyl (C=O) groups is 1. The van der Waals surface area contributed by atoms with Gasteiger partial charge < -0.3 is 9.52 Å². The maximum absolute atomic E-state index is 10.8. The molecule has 1 N–H and O–H groups in total. The number of aromatic nitrogens is 3. The summed E-state index contributed by atoms with van der Waals surface area (Å²) in [6.45, 7) is 1.78. The van der Waals surface area contributed by atoms with Crippen LogP contribution in [-0.4, -0.2) is 25.7 Å². The Kier molecular flexibility index (Phi) is 2.41. The van der Waals surface area contributed by atoms with E-state index in [0.717, 1.165) is 0 Å². The highest BCUT2D eigenvalue weighted by Crippen LogP contribution is 2.27. The van der Waals surface area contributed by atoms with Crippen molar-refractivity contribution in [2.75, 3.05) is 0 Å². The number of fused-ring (bicyclic) bond motifs is 1. The van der Waals surface area contributed by atoms with Gasteiger partial charge in [-0.1, -0.05) is 11.3 Å². The summed E-state index contributed by atoms with van der Waals surface area (Å²) < 4.78 is 6.84. The molecule has 3 heterocycles. The molecule has 0 spiro atoms. The van der Waals surface area contributed by atoms with Gasteiger partial charge >= 0.3 is 5.97 Å². The molecule has 92 valence electrons. The Labute approximate surface area is 105 Å². The van der Waals surface area contributed by atoms with E-state index in [1.807, 2.05) is 6.07 Å². The average Bonchev–Trinajstić information content (AvgIpc) is 2.96. The number of aryl methyl sites for hydroxylation is 1. The van der Waals surface area contributed by atoms with Gasteiger partial charge in [0.05, 0.1) is 24.1 Å². The Morgan fingerprint density at radius 1 is 1.61 bits per heavy atom. The van der Waals surface area contributed by atoms with Crippen molar-refractivity contribution in [2.24, 2.45) is 0 Å². The second-order valence-corrected chi connectivity index (χ2v) is 4.75. The predicted molar refractivity (Wildman–Crippen MR) is 64.6 cm³/mol. The van der Waals surface area contributed by atoms with Gasteiger partial charge in [0, 0.05) is 0 Å². The first-order valence-electron chi connectivity index (χ1n) is 5.26. The second kappa shape index (κ2) is 3.95. The fourth-order valence-electron chi connectivity index (χ4n) is 1.74. The van der Waals surface area contributed by atoms with Crippen LogP contribution in [0, 0.1) is 6.92 Å². The highest BCUT2D eigenvalue weighted by Gasteiger charge is 2.17. The number of nitrogens with zero attached hydrogens (tertiary/aromatic N) is 3. The largest absolute Gasteiger partial charge is 0.481 e. The quantitative estimate of drug-likeness (QED) is 0.781. The number of hydrogen-bond donors (Lipinski definition) is 1. The molecule has 0 saturated heterocycles. The Morgan fingerprint density at radius 2 is 2.44 bits per heavy atom. The first-order valence-corrected chi connectivity index (χ1v) is 6.07. The van der Waals surface area contributed by atoms with Crippen LogP contribution in [0.5, 0.6) is 0 Å². The summed E-state index contributed by atoms with van der Waals surface area (Å²) in [7, 11) is 0. The summed E-state index contributed by atoms with van der Waals surface area (Å²) in [6.07, 6.45) is 1.48. The number of carboxylic acids is 1. The number of aliphatic carboxylic acids is 1. The molecule has 0 aliphatic carbocycles. The van der Waals surface area contributed by atoms with E-state index in [4.69, 9.17) is 9.52 Å². The average molecular weight is 263 g/mol. The monoisotopic (exact) mass is 263 g/mol. The molecule has 0 saturated carbocycles. The standard InChI is InChI=1S/C11H9N3O3S/c1-6-7(5-9(15)16)14-11(12-6)18-10(13-14)8-3-2-4-17-8/h2-4H,5H2,1H3,(H,15,16). The van der Waals surface area contributed by atoms with E-state index < -0.39 is 5.97 Å². The van der Waals surface area contributed by atoms with Crippen LogP contribution in [0.4, 0.5) is 0 Å². The van der Waals surface area contributed by atoms with Crippen molar-refractivity contribution in [3.05, 3.63) is 29.8 Å². The van der Waals surface area contributed by atoms with Crippen LogP contribution in [0.3, 0.4) is 0 Å². The van der Waals surface area contributed by atoms with E-state index in [1.54, 1.807) is 23.8 Å². The number of rotatable bonds is 3. The maximum atomic E-state index is 10.8. The lowest BCUT2D eigenvalue weighted by Gasteiger charge is -1.94. The van der Waals surface area contributed by atoms with E-state index in [-0.39, 0.29) is 6.42 Å². The molecule has 0 unspecified atom stereocenters. The minimum Gasteiger partial charge on any atom is -0.481 e. The molecule has 3 aromatic heterocycles. The van der Waals surface area contributed by atoms with Crippen molar-refractivity contribution in [3.63, 3.8) is 0 Å². The third-order valence-corrected chi connectivity index (χ3v) is 3.47. The number of imidazole rings is 1. The van der Waals surface area contributed by atoms with Crippen LogP contribution in [0.2, 0.25) is 0 Å². The van der Waals surface area contributed by atoms with Gasteiger partial charge in [-0.2, -0.15) is 5.10 Å². The Balaban J connectivity index is 2.13. The smallest absolute Gasteiger partial charge is 0.309 e. The van der Waals surface area contributed by atoms with Crippen molar-refractivity contribution in [1.29, 1.82) is 0 Å². The van der Waals surface area contributed by atoms with Gasteiger partial charge in [0.1, 0.15) is 0 Å². The van der Waals surface area contributed by atoms with Crippen molar-refractivity contribution in [3.8, 4) is 10.8 Å². The van der Waals surface area contributed by atoms with Crippen LogP contribution >= 0.6 is 11.3 Å². The number of carboxylic acid groups (broad SMARTS) is 1. The lowest BCUT2D eigenvalue weighted by Crippen LogP contribution is -2.05. The molecule has 0 fully saturated rings. The van der Waals surface area contributed by atoms with Crippen molar-refractivity contribution in [2.45, 2.75) is 13.3 Å². The topological polar surface area (TPSA) is 80.6 Å². The Hall–Kier alpha value is -2.15. The molecule has 0 atom stereocenters. The second-order valence-electron chi connectivity index (χ2n) is 3.79. The van der Waals surface area contributed by atoms with Crippen LogP contribution in [0.15, 0.2) is 22.8 Å². The van der Waals surface area contributed by atoms with Gasteiger partial charge in [0.2, 0.25) is 4.96 Å². The molecule has 0 aliphatic heterocycles. The molecular formula is C11H9N3O3S. The van der Waals surface area contributed by atoms with E-state index in [0.29, 0.717) is 27.1 Å². The fraction of sp³-hybridized carbons (Fsp3) is 0.182. The minimum absolute atomic E-state index is 0.0890. The predicted octanol–water partition coefficient (Wildman–Crippen LogP) is 1.99. The molecule has 0 bridgehead atoms. The van der Waals surface area contributed by atoms with Crippen molar-refractivity contribution < 1.29 is 14.3 Å². The van der Waals surface area contributed by atoms with E-state index in [1.165, 1.54) is 11.3 Å². The van der Waals surface area contributed by atoms with Gasteiger partial charge in [0.15, 0.2) is 10.8 Å². The maximum Gasteiger partial charge on any atom is 0.309 e. The highest BCUT2D eigenvalue weighted by molar-refractivity contribution is 7.19. The van der Waals surface area contributed by atoms with Crippen molar-refractivity contribution in [1.82, 2.24) is 14.6 Å². The lowest BCUT2D eigenvalue weighted by atomic mass is 10.3. The first-order chi connectivity index (χ1) is 8.65. The molecule has 0 amide bonds. The Morgan fingerprint density at radius 3 is 3.11 bits per heavy atom. The van der Waals surface area contributed by atoms with E-state index in [9.17, 15) is 4.79 Å². The fourth-order valence-corrected chi connectivity index (χ4v) is 2.67. The zero-order chi connectivity index (χ0) is 12.7. The molecule has 7 heteroatoms. The molecule has 0 radical (unpaired) electrons. The lowest BCUT2D eigenvalue weighted by molar-refractivity contribution is -0.136. The summed E-state index contributed by atoms with van der Waals surface area (Å²) in [5.74, 6) is -0.239. The van der Waals surface area contributed by atoms with Gasteiger partial charge in [-0.3, -0.25) is 4.79 Å². The first kappa shape index (κ1) is 11.0. The summed E-state index contributed by atoms with van der Waals surface area (Å²) in [4.78, 5) is 15.8. The third kappa shape index (κ3) is 1.68. The molecule has 0 aromatic carbocycles. The van der Waals surface area contributed by atoms with Gasteiger partial charge in [0.25, 0.3) is 0 Å². The molecule has 18 heavy (non-hydrogen) atoms. The van der Waals surface area contributed by atoms with E-state index >= 15 is 0 Å². The number of furan rings is 1. The molecular weight excluding hydrogens is 254 g/mol.